The number of halogens is 2. The van der Waals surface area contributed by atoms with Crippen molar-refractivity contribution in [3.05, 3.63) is 27.1 Å². The Hall–Kier alpha value is -0.830. The topological polar surface area (TPSA) is 84.1 Å². The quantitative estimate of drug-likeness (QED) is 0.817. The van der Waals surface area contributed by atoms with Crippen molar-refractivity contribution >= 4 is 31.9 Å². The lowest BCUT2D eigenvalue weighted by molar-refractivity contribution is 0.191. The van der Waals surface area contributed by atoms with Gasteiger partial charge in [-0.25, -0.2) is 0 Å². The Morgan fingerprint density at radius 1 is 1.42 bits per heavy atom. The van der Waals surface area contributed by atoms with Crippen LogP contribution in [0.3, 0.4) is 0 Å². The Kier molecular flexibility index (Phi) is 3.66. The molecule has 6 nitrogen and oxygen atoms in total. The highest BCUT2D eigenvalue weighted by Gasteiger charge is 2.28. The van der Waals surface area contributed by atoms with Gasteiger partial charge in [-0.2, -0.15) is 4.98 Å². The summed E-state index contributed by atoms with van der Waals surface area (Å²) in [7, 11) is 0. The average molecular weight is 390 g/mol. The summed E-state index contributed by atoms with van der Waals surface area (Å²) in [4.78, 5) is 8.58. The summed E-state index contributed by atoms with van der Waals surface area (Å²) in [6.45, 7) is 0.544. The zero-order valence-corrected chi connectivity index (χ0v) is 12.8. The largest absolute Gasteiger partial charge is 0.392 e. The molecule has 2 aromatic rings. The van der Waals surface area contributed by atoms with E-state index in [0.717, 1.165) is 8.95 Å². The third kappa shape index (κ3) is 2.71. The highest BCUT2D eigenvalue weighted by Crippen LogP contribution is 2.28. The monoisotopic (exact) mass is 388 g/mol. The molecule has 0 bridgehead atoms. The summed E-state index contributed by atoms with van der Waals surface area (Å²) < 4.78 is 6.88. The van der Waals surface area contributed by atoms with E-state index in [2.05, 4.69) is 52.3 Å². The molecule has 1 saturated heterocycles. The fourth-order valence-corrected chi connectivity index (χ4v) is 3.12. The Labute approximate surface area is 125 Å². The second-order valence-electron chi connectivity index (χ2n) is 4.29. The molecule has 0 aliphatic carbocycles. The maximum Gasteiger partial charge on any atom is 0.244 e. The number of aromatic nitrogens is 3. The molecule has 0 radical (unpaired) electrons. The first-order chi connectivity index (χ1) is 9.13. The van der Waals surface area contributed by atoms with E-state index in [1.54, 1.807) is 6.20 Å². The Balaban J connectivity index is 1.88. The minimum Gasteiger partial charge on any atom is -0.392 e. The van der Waals surface area contributed by atoms with E-state index in [-0.39, 0.29) is 12.1 Å². The van der Waals surface area contributed by atoms with Crippen molar-refractivity contribution in [2.75, 3.05) is 6.54 Å². The molecule has 0 spiro atoms. The summed E-state index contributed by atoms with van der Waals surface area (Å²) in [5, 5.41) is 16.5. The predicted octanol–water partition coefficient (Wildman–Crippen LogP) is 2.05. The summed E-state index contributed by atoms with van der Waals surface area (Å²) in [6.07, 6.45) is 1.89. The van der Waals surface area contributed by atoms with Crippen LogP contribution in [-0.2, 0) is 0 Å². The summed E-state index contributed by atoms with van der Waals surface area (Å²) in [5.41, 5.74) is 0.622. The fraction of sp³-hybridized carbons (Fsp3) is 0.364. The zero-order valence-electron chi connectivity index (χ0n) is 9.68. The van der Waals surface area contributed by atoms with Crippen LogP contribution in [0, 0.1) is 0 Å². The maximum atomic E-state index is 9.48. The molecule has 2 atom stereocenters. The van der Waals surface area contributed by atoms with Gasteiger partial charge in [0.15, 0.2) is 0 Å². The van der Waals surface area contributed by atoms with Crippen LogP contribution in [0.2, 0.25) is 0 Å². The van der Waals surface area contributed by atoms with Crippen LogP contribution in [0.15, 0.2) is 25.7 Å². The SMILES string of the molecule is O[C@H]1CN[C@@H](c2nc(-c3ncc(Br)cc3Br)no2)C1. The lowest BCUT2D eigenvalue weighted by atomic mass is 10.2. The number of hydrogen-bond acceptors (Lipinski definition) is 6. The van der Waals surface area contributed by atoms with Crippen LogP contribution in [0.1, 0.15) is 18.4 Å². The predicted molar refractivity (Wildman–Crippen MR) is 74.3 cm³/mol. The van der Waals surface area contributed by atoms with Gasteiger partial charge in [-0.15, -0.1) is 0 Å². The van der Waals surface area contributed by atoms with Crippen molar-refractivity contribution < 1.29 is 9.63 Å². The Bertz CT molecular complexity index is 604. The van der Waals surface area contributed by atoms with Gasteiger partial charge in [-0.05, 0) is 44.3 Å². The van der Waals surface area contributed by atoms with Gasteiger partial charge in [0, 0.05) is 21.7 Å². The number of aliphatic hydroxyl groups is 1. The van der Waals surface area contributed by atoms with Crippen LogP contribution in [0.4, 0.5) is 0 Å². The van der Waals surface area contributed by atoms with Gasteiger partial charge in [0.2, 0.25) is 11.7 Å². The molecule has 1 aliphatic heterocycles. The van der Waals surface area contributed by atoms with Crippen LogP contribution in [-0.4, -0.2) is 32.9 Å². The van der Waals surface area contributed by atoms with Gasteiger partial charge in [0.05, 0.1) is 12.1 Å². The molecule has 100 valence electrons. The van der Waals surface area contributed by atoms with Crippen LogP contribution in [0.5, 0.6) is 0 Å². The summed E-state index contributed by atoms with van der Waals surface area (Å²) >= 11 is 6.76. The summed E-state index contributed by atoms with van der Waals surface area (Å²) in [5.74, 6) is 0.903. The standard InChI is InChI=1S/C11H10Br2N4O2/c12-5-1-7(13)9(15-3-5)10-16-11(19-17-10)8-2-6(18)4-14-8/h1,3,6,8,14,18H,2,4H2/t6-,8-/m1/s1. The zero-order chi connectivity index (χ0) is 13.4. The van der Waals surface area contributed by atoms with Gasteiger partial charge in [0.1, 0.15) is 5.69 Å². The van der Waals surface area contributed by atoms with E-state index in [1.807, 2.05) is 6.07 Å². The van der Waals surface area contributed by atoms with E-state index in [4.69, 9.17) is 4.52 Å². The van der Waals surface area contributed by atoms with Crippen LogP contribution in [0.25, 0.3) is 11.5 Å². The van der Waals surface area contributed by atoms with E-state index >= 15 is 0 Å². The number of nitrogens with one attached hydrogen (secondary N) is 1. The van der Waals surface area contributed by atoms with E-state index in [0.29, 0.717) is 30.4 Å². The molecule has 0 saturated carbocycles. The first-order valence-corrected chi connectivity index (χ1v) is 7.28. The average Bonchev–Trinajstić information content (AvgIpc) is 2.97. The van der Waals surface area contributed by atoms with Gasteiger partial charge in [0.25, 0.3) is 0 Å². The second-order valence-corrected chi connectivity index (χ2v) is 6.06. The number of nitrogens with zero attached hydrogens (tertiary/aromatic N) is 3. The molecular weight excluding hydrogens is 380 g/mol. The molecular formula is C11H10Br2N4O2. The molecule has 1 aliphatic rings. The molecule has 0 aromatic carbocycles. The van der Waals surface area contributed by atoms with Crippen molar-refractivity contribution in [1.29, 1.82) is 0 Å². The molecule has 2 N–H and O–H groups in total. The fourth-order valence-electron chi connectivity index (χ4n) is 1.96. The van der Waals surface area contributed by atoms with Crippen LogP contribution < -0.4 is 5.32 Å². The van der Waals surface area contributed by atoms with Crippen molar-refractivity contribution in [2.24, 2.45) is 0 Å². The third-order valence-electron chi connectivity index (χ3n) is 2.87. The first-order valence-electron chi connectivity index (χ1n) is 5.70. The lowest BCUT2D eigenvalue weighted by Crippen LogP contribution is -2.15. The Morgan fingerprint density at radius 2 is 2.26 bits per heavy atom. The van der Waals surface area contributed by atoms with Crippen molar-refractivity contribution in [2.45, 2.75) is 18.6 Å². The molecule has 19 heavy (non-hydrogen) atoms. The molecule has 0 unspecified atom stereocenters. The highest BCUT2D eigenvalue weighted by molar-refractivity contribution is 9.11. The van der Waals surface area contributed by atoms with Gasteiger partial charge < -0.3 is 14.9 Å². The number of β-amino-alcohol motifs (C(OH)–C–C–N with tert-alkyl or cyclic N) is 1. The Morgan fingerprint density at radius 3 is 2.95 bits per heavy atom. The normalized spacial score (nSPS) is 22.9. The van der Waals surface area contributed by atoms with Crippen molar-refractivity contribution in [1.82, 2.24) is 20.4 Å². The molecule has 1 fully saturated rings. The van der Waals surface area contributed by atoms with E-state index in [1.165, 1.54) is 0 Å². The highest BCUT2D eigenvalue weighted by atomic mass is 79.9. The molecule has 3 heterocycles. The van der Waals surface area contributed by atoms with Crippen LogP contribution >= 0.6 is 31.9 Å². The number of hydrogen-bond donors (Lipinski definition) is 2. The second kappa shape index (κ2) is 5.28. The number of aliphatic hydroxyl groups excluding tert-OH is 1. The van der Waals surface area contributed by atoms with Gasteiger partial charge >= 0.3 is 0 Å². The van der Waals surface area contributed by atoms with Gasteiger partial charge in [-0.1, -0.05) is 5.16 Å². The molecule has 0 amide bonds. The maximum absolute atomic E-state index is 9.48. The number of rotatable bonds is 2. The summed E-state index contributed by atoms with van der Waals surface area (Å²) in [6, 6.07) is 1.78. The minimum atomic E-state index is -0.363. The van der Waals surface area contributed by atoms with Crippen molar-refractivity contribution in [3.8, 4) is 11.5 Å². The smallest absolute Gasteiger partial charge is 0.244 e. The lowest BCUT2D eigenvalue weighted by Gasteiger charge is -2.01. The molecule has 3 rings (SSSR count). The molecule has 2 aromatic heterocycles. The van der Waals surface area contributed by atoms with Crippen molar-refractivity contribution in [3.63, 3.8) is 0 Å². The third-order valence-corrected chi connectivity index (χ3v) is 3.91. The number of pyridine rings is 1. The minimum absolute atomic E-state index is 0.0922. The molecule has 8 heteroatoms. The van der Waals surface area contributed by atoms with E-state index < -0.39 is 0 Å². The van der Waals surface area contributed by atoms with E-state index in [9.17, 15) is 5.11 Å². The first kappa shape index (κ1) is 13.2. The van der Waals surface area contributed by atoms with Gasteiger partial charge in [-0.3, -0.25) is 4.98 Å².